The molecule has 7 nitrogen and oxygen atoms in total. The highest BCUT2D eigenvalue weighted by Crippen LogP contribution is 2.17. The van der Waals surface area contributed by atoms with Crippen LogP contribution in [0, 0.1) is 6.92 Å². The van der Waals surface area contributed by atoms with Crippen LogP contribution < -0.4 is 5.32 Å². The summed E-state index contributed by atoms with van der Waals surface area (Å²) in [4.78, 5) is 30.0. The quantitative estimate of drug-likeness (QED) is 0.889. The van der Waals surface area contributed by atoms with Gasteiger partial charge in [-0.1, -0.05) is 0 Å². The molecule has 0 saturated carbocycles. The zero-order valence-electron chi connectivity index (χ0n) is 13.4. The Balaban J connectivity index is 2.27. The van der Waals surface area contributed by atoms with Gasteiger partial charge in [0.05, 0.1) is 17.8 Å². The number of hydrogen-bond acceptors (Lipinski definition) is 4. The second kappa shape index (κ2) is 6.55. The molecule has 0 radical (unpaired) electrons. The zero-order valence-corrected chi connectivity index (χ0v) is 13.4. The van der Waals surface area contributed by atoms with Crippen LogP contribution in [-0.4, -0.2) is 51.1 Å². The molecule has 2 aromatic rings. The molecule has 0 atom stereocenters. The number of nitrogens with zero attached hydrogens (tertiary/aromatic N) is 4. The molecule has 0 unspecified atom stereocenters. The number of likely N-dealkylation sites (N-methyl/N-ethyl adjacent to an activating group) is 2. The maximum absolute atomic E-state index is 12.6. The van der Waals surface area contributed by atoms with E-state index in [9.17, 15) is 9.59 Å². The fourth-order valence-corrected chi connectivity index (χ4v) is 2.36. The first-order valence-corrected chi connectivity index (χ1v) is 7.33. The third kappa shape index (κ3) is 3.08. The highest BCUT2D eigenvalue weighted by atomic mass is 16.2. The summed E-state index contributed by atoms with van der Waals surface area (Å²) in [6.45, 7) is 6.63. The fourth-order valence-electron chi connectivity index (χ4n) is 2.36. The molecule has 1 N–H and O–H groups in total. The van der Waals surface area contributed by atoms with E-state index in [0.717, 1.165) is 16.7 Å². The van der Waals surface area contributed by atoms with Crippen molar-refractivity contribution >= 4 is 22.8 Å². The number of fused-ring (bicyclic) bond motifs is 1. The van der Waals surface area contributed by atoms with Gasteiger partial charge in [-0.3, -0.25) is 14.3 Å². The standard InChI is InChI=1S/C15H21N5O2/c1-5-16-13(21)9-20(6-2)15(22)11-7-12-10(3)18-19(4)14(12)17-8-11/h7-8H,5-6,9H2,1-4H3,(H,16,21). The Bertz CT molecular complexity index is 707. The summed E-state index contributed by atoms with van der Waals surface area (Å²) in [6.07, 6.45) is 1.53. The summed E-state index contributed by atoms with van der Waals surface area (Å²) < 4.78 is 1.69. The van der Waals surface area contributed by atoms with Gasteiger partial charge in [0.1, 0.15) is 0 Å². The number of hydrogen-bond donors (Lipinski definition) is 1. The number of carbonyl (C=O) groups excluding carboxylic acids is 2. The van der Waals surface area contributed by atoms with Crippen LogP contribution in [0.1, 0.15) is 29.9 Å². The Morgan fingerprint density at radius 3 is 2.73 bits per heavy atom. The minimum atomic E-state index is -0.202. The van der Waals surface area contributed by atoms with Crippen LogP contribution in [0.4, 0.5) is 0 Å². The van der Waals surface area contributed by atoms with Crippen LogP contribution in [-0.2, 0) is 11.8 Å². The van der Waals surface area contributed by atoms with E-state index in [1.807, 2.05) is 27.8 Å². The van der Waals surface area contributed by atoms with Crippen molar-refractivity contribution < 1.29 is 9.59 Å². The van der Waals surface area contributed by atoms with Crippen molar-refractivity contribution in [2.45, 2.75) is 20.8 Å². The lowest BCUT2D eigenvalue weighted by Crippen LogP contribution is -2.40. The van der Waals surface area contributed by atoms with Crippen molar-refractivity contribution in [1.29, 1.82) is 0 Å². The SMILES string of the molecule is CCNC(=O)CN(CC)C(=O)c1cnc2c(c1)c(C)nn2C. The smallest absolute Gasteiger partial charge is 0.255 e. The Kier molecular flexibility index (Phi) is 4.75. The summed E-state index contributed by atoms with van der Waals surface area (Å²) >= 11 is 0. The van der Waals surface area contributed by atoms with Gasteiger partial charge in [0, 0.05) is 31.7 Å². The third-order valence-corrected chi connectivity index (χ3v) is 3.49. The Morgan fingerprint density at radius 1 is 1.36 bits per heavy atom. The minimum absolute atomic E-state index is 0.0488. The number of carbonyl (C=O) groups is 2. The van der Waals surface area contributed by atoms with E-state index in [0.29, 0.717) is 18.7 Å². The lowest BCUT2D eigenvalue weighted by molar-refractivity contribution is -0.121. The normalized spacial score (nSPS) is 10.7. The number of amides is 2. The van der Waals surface area contributed by atoms with Gasteiger partial charge in [-0.15, -0.1) is 0 Å². The van der Waals surface area contributed by atoms with Crippen molar-refractivity contribution in [2.75, 3.05) is 19.6 Å². The second-order valence-electron chi connectivity index (χ2n) is 5.08. The van der Waals surface area contributed by atoms with Gasteiger partial charge in [-0.2, -0.15) is 5.10 Å². The maximum atomic E-state index is 12.6. The second-order valence-corrected chi connectivity index (χ2v) is 5.08. The average molecular weight is 303 g/mol. The van der Waals surface area contributed by atoms with Gasteiger partial charge in [0.15, 0.2) is 5.65 Å². The molecule has 22 heavy (non-hydrogen) atoms. The Labute approximate surface area is 129 Å². The molecule has 0 aliphatic carbocycles. The summed E-state index contributed by atoms with van der Waals surface area (Å²) in [7, 11) is 1.82. The number of pyridine rings is 1. The van der Waals surface area contributed by atoms with Crippen molar-refractivity contribution in [1.82, 2.24) is 25.0 Å². The predicted molar refractivity (Wildman–Crippen MR) is 83.5 cm³/mol. The fraction of sp³-hybridized carbons (Fsp3) is 0.467. The molecule has 2 heterocycles. The maximum Gasteiger partial charge on any atom is 0.255 e. The van der Waals surface area contributed by atoms with Crippen LogP contribution >= 0.6 is 0 Å². The molecule has 2 aromatic heterocycles. The van der Waals surface area contributed by atoms with E-state index in [-0.39, 0.29) is 18.4 Å². The molecule has 118 valence electrons. The molecule has 0 saturated heterocycles. The monoisotopic (exact) mass is 303 g/mol. The molecule has 7 heteroatoms. The van der Waals surface area contributed by atoms with Gasteiger partial charge in [-0.25, -0.2) is 4.98 Å². The van der Waals surface area contributed by atoms with E-state index in [1.165, 1.54) is 11.1 Å². The first-order valence-electron chi connectivity index (χ1n) is 7.33. The van der Waals surface area contributed by atoms with E-state index in [1.54, 1.807) is 10.7 Å². The summed E-state index contributed by atoms with van der Waals surface area (Å²) in [5, 5.41) is 7.84. The van der Waals surface area contributed by atoms with Crippen molar-refractivity contribution in [3.8, 4) is 0 Å². The lowest BCUT2D eigenvalue weighted by atomic mass is 10.2. The highest BCUT2D eigenvalue weighted by molar-refractivity contribution is 5.99. The Morgan fingerprint density at radius 2 is 2.09 bits per heavy atom. The average Bonchev–Trinajstić information content (AvgIpc) is 2.79. The molecular formula is C15H21N5O2. The Hall–Kier alpha value is -2.44. The number of aromatic nitrogens is 3. The predicted octanol–water partition coefficient (Wildman–Crippen LogP) is 0.875. The number of rotatable bonds is 5. The van der Waals surface area contributed by atoms with Gasteiger partial charge in [-0.05, 0) is 26.8 Å². The number of aryl methyl sites for hydroxylation is 2. The van der Waals surface area contributed by atoms with Gasteiger partial charge >= 0.3 is 0 Å². The van der Waals surface area contributed by atoms with Gasteiger partial charge in [0.25, 0.3) is 5.91 Å². The lowest BCUT2D eigenvalue weighted by Gasteiger charge is -2.20. The molecule has 0 aliphatic rings. The summed E-state index contributed by atoms with van der Waals surface area (Å²) in [6, 6.07) is 1.79. The third-order valence-electron chi connectivity index (χ3n) is 3.49. The van der Waals surface area contributed by atoms with E-state index in [4.69, 9.17) is 0 Å². The number of nitrogens with one attached hydrogen (secondary N) is 1. The zero-order chi connectivity index (χ0) is 16.3. The molecule has 2 rings (SSSR count). The van der Waals surface area contributed by atoms with Crippen LogP contribution in [0.25, 0.3) is 11.0 Å². The van der Waals surface area contributed by atoms with Crippen molar-refractivity contribution in [3.05, 3.63) is 23.5 Å². The molecule has 0 spiro atoms. The molecule has 0 bridgehead atoms. The van der Waals surface area contributed by atoms with E-state index in [2.05, 4.69) is 15.4 Å². The first-order chi connectivity index (χ1) is 10.5. The largest absolute Gasteiger partial charge is 0.355 e. The van der Waals surface area contributed by atoms with Crippen molar-refractivity contribution in [2.24, 2.45) is 7.05 Å². The van der Waals surface area contributed by atoms with Crippen LogP contribution in [0.3, 0.4) is 0 Å². The van der Waals surface area contributed by atoms with Crippen LogP contribution in [0.15, 0.2) is 12.3 Å². The highest BCUT2D eigenvalue weighted by Gasteiger charge is 2.19. The molecule has 0 aliphatic heterocycles. The summed E-state index contributed by atoms with van der Waals surface area (Å²) in [5.41, 5.74) is 2.03. The topological polar surface area (TPSA) is 80.1 Å². The molecular weight excluding hydrogens is 282 g/mol. The summed E-state index contributed by atoms with van der Waals surface area (Å²) in [5.74, 6) is -0.365. The van der Waals surface area contributed by atoms with E-state index < -0.39 is 0 Å². The molecule has 0 aromatic carbocycles. The van der Waals surface area contributed by atoms with Crippen molar-refractivity contribution in [3.63, 3.8) is 0 Å². The van der Waals surface area contributed by atoms with Gasteiger partial charge < -0.3 is 10.2 Å². The van der Waals surface area contributed by atoms with Crippen LogP contribution in [0.2, 0.25) is 0 Å². The van der Waals surface area contributed by atoms with Crippen LogP contribution in [0.5, 0.6) is 0 Å². The minimum Gasteiger partial charge on any atom is -0.355 e. The first kappa shape index (κ1) is 15.9. The molecule has 2 amide bonds. The molecule has 0 fully saturated rings. The van der Waals surface area contributed by atoms with Gasteiger partial charge in [0.2, 0.25) is 5.91 Å². The van der Waals surface area contributed by atoms with E-state index >= 15 is 0 Å².